The topological polar surface area (TPSA) is 17.1 Å². The molecule has 0 atom stereocenters. The number of hydrogen-bond acceptors (Lipinski definition) is 1. The molecule has 0 saturated heterocycles. The molecule has 0 aromatic carbocycles. The van der Waals surface area contributed by atoms with E-state index in [0.717, 1.165) is 25.7 Å². The van der Waals surface area contributed by atoms with Crippen molar-refractivity contribution in [3.63, 3.8) is 0 Å². The summed E-state index contributed by atoms with van der Waals surface area (Å²) < 4.78 is 0. The Kier molecular flexibility index (Phi) is 13.2. The Labute approximate surface area is 82.3 Å². The van der Waals surface area contributed by atoms with Gasteiger partial charge in [0.15, 0.2) is 0 Å². The third-order valence-electron chi connectivity index (χ3n) is 1.84. The number of unbranched alkanes of at least 4 members (excludes halogenated alkanes) is 3. The maximum absolute atomic E-state index is 11.0. The number of halogens is 1. The summed E-state index contributed by atoms with van der Waals surface area (Å²) in [5.41, 5.74) is 0. The van der Waals surface area contributed by atoms with Crippen LogP contribution >= 0.6 is 12.4 Å². The van der Waals surface area contributed by atoms with Crippen molar-refractivity contribution in [2.24, 2.45) is 0 Å². The number of ketones is 1. The summed E-state index contributed by atoms with van der Waals surface area (Å²) in [5, 5.41) is 0. The molecule has 0 N–H and O–H groups in total. The summed E-state index contributed by atoms with van der Waals surface area (Å²) >= 11 is 0. The van der Waals surface area contributed by atoms with Gasteiger partial charge < -0.3 is 0 Å². The van der Waals surface area contributed by atoms with E-state index in [2.05, 4.69) is 13.8 Å². The molecule has 0 aliphatic rings. The molecule has 0 bridgehead atoms. The van der Waals surface area contributed by atoms with Crippen molar-refractivity contribution < 1.29 is 4.79 Å². The summed E-state index contributed by atoms with van der Waals surface area (Å²) in [6.45, 7) is 4.25. The third kappa shape index (κ3) is 9.96. The summed E-state index contributed by atoms with van der Waals surface area (Å²) in [6.07, 6.45) is 7.46. The quantitative estimate of drug-likeness (QED) is 0.562. The van der Waals surface area contributed by atoms with Gasteiger partial charge in [-0.1, -0.05) is 33.1 Å². The van der Waals surface area contributed by atoms with E-state index < -0.39 is 0 Å². The molecule has 0 saturated carbocycles. The minimum atomic E-state index is 0. The lowest BCUT2D eigenvalue weighted by Gasteiger charge is -1.97. The predicted octanol–water partition coefficient (Wildman–Crippen LogP) is 3.75. The van der Waals surface area contributed by atoms with Crippen molar-refractivity contribution in [1.82, 2.24) is 0 Å². The number of Topliss-reactive ketones (excluding diaryl/α,β-unsaturated/α-hetero) is 1. The molecule has 0 aromatic heterocycles. The van der Waals surface area contributed by atoms with Crippen molar-refractivity contribution in [1.29, 1.82) is 0 Å². The first-order valence-corrected chi connectivity index (χ1v) is 4.83. The first kappa shape index (κ1) is 14.5. The molecule has 2 heteroatoms. The number of carbonyl (C=O) groups is 1. The molecule has 74 valence electrons. The highest BCUT2D eigenvalue weighted by Crippen LogP contribution is 2.04. The lowest BCUT2D eigenvalue weighted by molar-refractivity contribution is -0.119. The molecule has 0 aromatic rings. The van der Waals surface area contributed by atoms with E-state index in [-0.39, 0.29) is 12.4 Å². The number of carbonyl (C=O) groups excluding carboxylic acids is 1. The number of hydrogen-bond donors (Lipinski definition) is 0. The Hall–Kier alpha value is -0.0400. The van der Waals surface area contributed by atoms with Gasteiger partial charge in [0.2, 0.25) is 0 Å². The molecule has 0 aliphatic heterocycles. The first-order chi connectivity index (χ1) is 5.31. The van der Waals surface area contributed by atoms with Crippen LogP contribution in [-0.4, -0.2) is 5.78 Å². The van der Waals surface area contributed by atoms with Crippen LogP contribution < -0.4 is 0 Å². The van der Waals surface area contributed by atoms with Crippen LogP contribution in [0.3, 0.4) is 0 Å². The minimum Gasteiger partial charge on any atom is -0.300 e. The van der Waals surface area contributed by atoms with E-state index in [1.165, 1.54) is 19.3 Å². The molecule has 0 aliphatic carbocycles. The lowest BCUT2D eigenvalue weighted by Crippen LogP contribution is -1.95. The fourth-order valence-corrected chi connectivity index (χ4v) is 1.15. The Bertz CT molecular complexity index is 102. The SMILES string of the molecule is CCCCCCC(=O)CCC.Cl. The van der Waals surface area contributed by atoms with Crippen LogP contribution in [-0.2, 0) is 4.79 Å². The van der Waals surface area contributed by atoms with Crippen LogP contribution in [0.5, 0.6) is 0 Å². The molecule has 0 heterocycles. The fourth-order valence-electron chi connectivity index (χ4n) is 1.15. The maximum Gasteiger partial charge on any atom is 0.132 e. The Morgan fingerprint density at radius 3 is 2.08 bits per heavy atom. The summed E-state index contributed by atoms with van der Waals surface area (Å²) in [4.78, 5) is 11.0. The highest BCUT2D eigenvalue weighted by molar-refractivity contribution is 5.85. The molecule has 0 unspecified atom stereocenters. The Balaban J connectivity index is 0. The van der Waals surface area contributed by atoms with E-state index >= 15 is 0 Å². The van der Waals surface area contributed by atoms with Gasteiger partial charge in [-0.3, -0.25) is 4.79 Å². The van der Waals surface area contributed by atoms with Gasteiger partial charge in [-0.25, -0.2) is 0 Å². The van der Waals surface area contributed by atoms with Crippen molar-refractivity contribution in [2.45, 2.75) is 58.8 Å². The van der Waals surface area contributed by atoms with Crippen LogP contribution in [0.25, 0.3) is 0 Å². The summed E-state index contributed by atoms with van der Waals surface area (Å²) in [7, 11) is 0. The lowest BCUT2D eigenvalue weighted by atomic mass is 10.1. The molecule has 0 fully saturated rings. The van der Waals surface area contributed by atoms with E-state index in [1.807, 2.05) is 0 Å². The van der Waals surface area contributed by atoms with Gasteiger partial charge in [0.25, 0.3) is 0 Å². The normalized spacial score (nSPS) is 9.17. The second-order valence-corrected chi connectivity index (χ2v) is 3.10. The molecule has 1 nitrogen and oxygen atoms in total. The summed E-state index contributed by atoms with van der Waals surface area (Å²) in [6, 6.07) is 0. The van der Waals surface area contributed by atoms with Crippen molar-refractivity contribution in [2.75, 3.05) is 0 Å². The van der Waals surface area contributed by atoms with Crippen molar-refractivity contribution in [3.8, 4) is 0 Å². The van der Waals surface area contributed by atoms with Crippen molar-refractivity contribution in [3.05, 3.63) is 0 Å². The fraction of sp³-hybridized carbons (Fsp3) is 0.900. The molecule has 12 heavy (non-hydrogen) atoms. The predicted molar refractivity (Wildman–Crippen MR) is 55.9 cm³/mol. The van der Waals surface area contributed by atoms with Gasteiger partial charge >= 0.3 is 0 Å². The largest absolute Gasteiger partial charge is 0.300 e. The third-order valence-corrected chi connectivity index (χ3v) is 1.84. The molecule has 0 radical (unpaired) electrons. The van der Waals surface area contributed by atoms with E-state index in [9.17, 15) is 4.79 Å². The molecule has 0 amide bonds. The zero-order valence-electron chi connectivity index (χ0n) is 8.27. The first-order valence-electron chi connectivity index (χ1n) is 4.83. The highest BCUT2D eigenvalue weighted by Gasteiger charge is 1.98. The average molecular weight is 193 g/mol. The molecular weight excluding hydrogens is 172 g/mol. The van der Waals surface area contributed by atoms with Crippen LogP contribution in [0.15, 0.2) is 0 Å². The molecular formula is C10H21ClO. The second kappa shape index (κ2) is 11.0. The van der Waals surface area contributed by atoms with Gasteiger partial charge in [-0.05, 0) is 12.8 Å². The minimum absolute atomic E-state index is 0. The average Bonchev–Trinajstić information content (AvgIpc) is 1.99. The van der Waals surface area contributed by atoms with Gasteiger partial charge in [0, 0.05) is 12.8 Å². The summed E-state index contributed by atoms with van der Waals surface area (Å²) in [5.74, 6) is 0.448. The van der Waals surface area contributed by atoms with Gasteiger partial charge in [-0.2, -0.15) is 0 Å². The number of rotatable bonds is 7. The van der Waals surface area contributed by atoms with E-state index in [1.54, 1.807) is 0 Å². The Morgan fingerprint density at radius 1 is 0.917 bits per heavy atom. The van der Waals surface area contributed by atoms with Gasteiger partial charge in [0.05, 0.1) is 0 Å². The zero-order valence-corrected chi connectivity index (χ0v) is 9.08. The van der Waals surface area contributed by atoms with E-state index in [0.29, 0.717) is 5.78 Å². The van der Waals surface area contributed by atoms with E-state index in [4.69, 9.17) is 0 Å². The van der Waals surface area contributed by atoms with Crippen LogP contribution in [0.1, 0.15) is 58.8 Å². The second-order valence-electron chi connectivity index (χ2n) is 3.10. The monoisotopic (exact) mass is 192 g/mol. The van der Waals surface area contributed by atoms with Gasteiger partial charge in [-0.15, -0.1) is 12.4 Å². The molecule has 0 spiro atoms. The van der Waals surface area contributed by atoms with Crippen LogP contribution in [0.4, 0.5) is 0 Å². The molecule has 0 rings (SSSR count). The van der Waals surface area contributed by atoms with Gasteiger partial charge in [0.1, 0.15) is 5.78 Å². The van der Waals surface area contributed by atoms with Crippen molar-refractivity contribution >= 4 is 18.2 Å². The standard InChI is InChI=1S/C10H20O.ClH/c1-3-5-6-7-9-10(11)8-4-2;/h3-9H2,1-2H3;1H. The van der Waals surface area contributed by atoms with Crippen LogP contribution in [0.2, 0.25) is 0 Å². The smallest absolute Gasteiger partial charge is 0.132 e. The maximum atomic E-state index is 11.0. The highest BCUT2D eigenvalue weighted by atomic mass is 35.5. The Morgan fingerprint density at radius 2 is 1.58 bits per heavy atom. The van der Waals surface area contributed by atoms with Crippen LogP contribution in [0, 0.1) is 0 Å². The zero-order chi connectivity index (χ0) is 8.53.